The predicted molar refractivity (Wildman–Crippen MR) is 167 cm³/mol. The summed E-state index contributed by atoms with van der Waals surface area (Å²) >= 11 is 0. The molecule has 2 aliphatic heterocycles. The van der Waals surface area contributed by atoms with E-state index < -0.39 is 5.60 Å². The second kappa shape index (κ2) is 10.2. The van der Waals surface area contributed by atoms with Gasteiger partial charge in [0.2, 0.25) is 0 Å². The van der Waals surface area contributed by atoms with Crippen LogP contribution < -0.4 is 0 Å². The molecule has 230 valence electrons. The standard InChI is InChI=1S/C35H36N6O4/c1-35(2,3)45-34(44)39-17-23(18-39)22-10-11-28-29(14-22)36-15-30(37-28)27-19-41(38-31(27)21-8-9-21)24-12-20(13-24)16-40-32(42)25-6-4-5-7-26(25)33(40)43/h4-7,10-11,14-15,19-21,23-24H,8-9,12-13,16-18H2,1-3H3/t20-,24-. The second-order valence-electron chi connectivity index (χ2n) is 14.0. The van der Waals surface area contributed by atoms with Crippen molar-refractivity contribution in [2.24, 2.45) is 5.92 Å². The number of benzene rings is 2. The first-order chi connectivity index (χ1) is 21.6. The average molecular weight is 605 g/mol. The molecule has 0 radical (unpaired) electrons. The Bertz CT molecular complexity index is 1820. The first-order valence-electron chi connectivity index (χ1n) is 15.9. The molecule has 8 rings (SSSR count). The minimum Gasteiger partial charge on any atom is -0.444 e. The van der Waals surface area contributed by atoms with Crippen LogP contribution in [0.2, 0.25) is 0 Å². The van der Waals surface area contributed by atoms with Gasteiger partial charge in [0.1, 0.15) is 5.60 Å². The van der Waals surface area contributed by atoms with Gasteiger partial charge in [-0.05, 0) is 82.2 Å². The van der Waals surface area contributed by atoms with Gasteiger partial charge in [0.05, 0.1) is 45.8 Å². The van der Waals surface area contributed by atoms with E-state index in [9.17, 15) is 14.4 Å². The fourth-order valence-corrected chi connectivity index (χ4v) is 6.75. The zero-order valence-corrected chi connectivity index (χ0v) is 25.8. The number of rotatable bonds is 6. The van der Waals surface area contributed by atoms with E-state index in [1.54, 1.807) is 29.2 Å². The van der Waals surface area contributed by atoms with E-state index >= 15 is 0 Å². The number of hydrogen-bond donors (Lipinski definition) is 0. The number of carbonyl (C=O) groups excluding carboxylic acids is 3. The van der Waals surface area contributed by atoms with Gasteiger partial charge in [0.25, 0.3) is 11.8 Å². The van der Waals surface area contributed by atoms with Crippen molar-refractivity contribution in [1.29, 1.82) is 0 Å². The number of aromatic nitrogens is 4. The topological polar surface area (TPSA) is 111 Å². The van der Waals surface area contributed by atoms with E-state index in [2.05, 4.69) is 23.0 Å². The Hall–Kier alpha value is -4.60. The number of ether oxygens (including phenoxy) is 1. The van der Waals surface area contributed by atoms with E-state index in [-0.39, 0.29) is 35.8 Å². The van der Waals surface area contributed by atoms with Crippen LogP contribution in [0.1, 0.15) is 96.3 Å². The number of nitrogens with zero attached hydrogens (tertiary/aromatic N) is 6. The molecular weight excluding hydrogens is 568 g/mol. The molecule has 3 amide bonds. The van der Waals surface area contributed by atoms with Crippen molar-refractivity contribution in [3.8, 4) is 11.3 Å². The third kappa shape index (κ3) is 5.06. The molecule has 2 aromatic carbocycles. The van der Waals surface area contributed by atoms with Gasteiger partial charge in [-0.3, -0.25) is 24.2 Å². The predicted octanol–water partition coefficient (Wildman–Crippen LogP) is 5.95. The summed E-state index contributed by atoms with van der Waals surface area (Å²) in [7, 11) is 0. The number of hydrogen-bond acceptors (Lipinski definition) is 7. The van der Waals surface area contributed by atoms with Gasteiger partial charge >= 0.3 is 6.09 Å². The molecule has 1 saturated heterocycles. The maximum absolute atomic E-state index is 12.8. The molecule has 0 spiro atoms. The zero-order chi connectivity index (χ0) is 31.0. The van der Waals surface area contributed by atoms with Crippen LogP contribution in [0.4, 0.5) is 4.79 Å². The van der Waals surface area contributed by atoms with Crippen molar-refractivity contribution in [3.05, 3.63) is 77.2 Å². The Morgan fingerprint density at radius 2 is 1.64 bits per heavy atom. The summed E-state index contributed by atoms with van der Waals surface area (Å²) in [6.45, 7) is 7.36. The van der Waals surface area contributed by atoms with Crippen molar-refractivity contribution in [3.63, 3.8) is 0 Å². The fraction of sp³-hybridized carbons (Fsp3) is 0.429. The van der Waals surface area contributed by atoms with Crippen LogP contribution in [0, 0.1) is 5.92 Å². The molecule has 45 heavy (non-hydrogen) atoms. The number of likely N-dealkylation sites (tertiary alicyclic amines) is 1. The van der Waals surface area contributed by atoms with Gasteiger partial charge in [-0.25, -0.2) is 9.78 Å². The molecule has 2 saturated carbocycles. The lowest BCUT2D eigenvalue weighted by atomic mass is 9.80. The van der Waals surface area contributed by atoms with Gasteiger partial charge in [0.15, 0.2) is 0 Å². The summed E-state index contributed by atoms with van der Waals surface area (Å²) in [6.07, 6.45) is 7.69. The highest BCUT2D eigenvalue weighted by molar-refractivity contribution is 6.21. The van der Waals surface area contributed by atoms with Gasteiger partial charge in [-0.1, -0.05) is 18.2 Å². The maximum atomic E-state index is 12.8. The Kier molecular flexibility index (Phi) is 6.34. The highest BCUT2D eigenvalue weighted by atomic mass is 16.6. The molecule has 4 aromatic rings. The SMILES string of the molecule is CC(C)(C)OC(=O)N1CC(c2ccc3nc(-c4cn([C@H]5C[C@H](CN6C(=O)c7ccccc7C6=O)C5)nc4C4CC4)cnc3c2)C1. The summed E-state index contributed by atoms with van der Waals surface area (Å²) in [6, 6.07) is 13.5. The average Bonchev–Trinajstić information content (AvgIpc) is 3.67. The lowest BCUT2D eigenvalue weighted by Crippen LogP contribution is -2.50. The van der Waals surface area contributed by atoms with E-state index in [4.69, 9.17) is 19.8 Å². The lowest BCUT2D eigenvalue weighted by Gasteiger charge is -2.40. The Balaban J connectivity index is 0.946. The molecule has 0 N–H and O–H groups in total. The highest BCUT2D eigenvalue weighted by Gasteiger charge is 2.41. The van der Waals surface area contributed by atoms with Crippen LogP contribution in [-0.2, 0) is 4.74 Å². The van der Waals surface area contributed by atoms with Gasteiger partial charge in [0, 0.05) is 43.2 Å². The van der Waals surface area contributed by atoms with Crippen LogP contribution in [0.15, 0.2) is 54.9 Å². The number of imide groups is 1. The first-order valence-corrected chi connectivity index (χ1v) is 15.9. The third-order valence-corrected chi connectivity index (χ3v) is 9.48. The van der Waals surface area contributed by atoms with Crippen LogP contribution in [0.25, 0.3) is 22.3 Å². The van der Waals surface area contributed by atoms with Crippen molar-refractivity contribution >= 4 is 28.9 Å². The molecule has 0 bridgehead atoms. The number of fused-ring (bicyclic) bond motifs is 2. The lowest BCUT2D eigenvalue weighted by molar-refractivity contribution is 0.00818. The van der Waals surface area contributed by atoms with Gasteiger partial charge < -0.3 is 9.64 Å². The Labute approximate surface area is 261 Å². The van der Waals surface area contributed by atoms with Crippen molar-refractivity contribution in [2.75, 3.05) is 19.6 Å². The first kappa shape index (κ1) is 27.9. The number of carbonyl (C=O) groups is 3. The molecule has 10 nitrogen and oxygen atoms in total. The minimum atomic E-state index is -0.501. The van der Waals surface area contributed by atoms with Crippen LogP contribution >= 0.6 is 0 Å². The van der Waals surface area contributed by atoms with Crippen LogP contribution in [0.3, 0.4) is 0 Å². The maximum Gasteiger partial charge on any atom is 0.410 e. The van der Waals surface area contributed by atoms with E-state index in [0.29, 0.717) is 36.7 Å². The highest BCUT2D eigenvalue weighted by Crippen LogP contribution is 2.46. The largest absolute Gasteiger partial charge is 0.444 e. The summed E-state index contributed by atoms with van der Waals surface area (Å²) < 4.78 is 7.56. The molecule has 3 fully saturated rings. The smallest absolute Gasteiger partial charge is 0.410 e. The molecule has 0 atom stereocenters. The molecular formula is C35H36N6O4. The molecule has 4 aliphatic rings. The quantitative estimate of drug-likeness (QED) is 0.250. The summed E-state index contributed by atoms with van der Waals surface area (Å²) in [5, 5.41) is 5.04. The normalized spacial score (nSPS) is 21.6. The van der Waals surface area contributed by atoms with Gasteiger partial charge in [-0.15, -0.1) is 0 Å². The van der Waals surface area contributed by atoms with E-state index in [1.165, 1.54) is 4.90 Å². The monoisotopic (exact) mass is 604 g/mol. The Morgan fingerprint density at radius 1 is 0.933 bits per heavy atom. The molecule has 2 aromatic heterocycles. The van der Waals surface area contributed by atoms with Crippen LogP contribution in [-0.4, -0.2) is 72.7 Å². The molecule has 10 heteroatoms. The fourth-order valence-electron chi connectivity index (χ4n) is 6.75. The van der Waals surface area contributed by atoms with Crippen LogP contribution in [0.5, 0.6) is 0 Å². The number of amides is 3. The molecule has 0 unspecified atom stereocenters. The molecule has 2 aliphatic carbocycles. The summed E-state index contributed by atoms with van der Waals surface area (Å²) in [5.41, 5.74) is 6.27. The summed E-state index contributed by atoms with van der Waals surface area (Å²) in [5.74, 6) is 0.590. The van der Waals surface area contributed by atoms with E-state index in [0.717, 1.165) is 59.2 Å². The van der Waals surface area contributed by atoms with E-state index in [1.807, 2.05) is 33.0 Å². The van der Waals surface area contributed by atoms with Crippen molar-refractivity contribution < 1.29 is 19.1 Å². The van der Waals surface area contributed by atoms with Gasteiger partial charge in [-0.2, -0.15) is 5.10 Å². The minimum absolute atomic E-state index is 0.186. The Morgan fingerprint density at radius 3 is 2.31 bits per heavy atom. The summed E-state index contributed by atoms with van der Waals surface area (Å²) in [4.78, 5) is 50.9. The zero-order valence-electron chi connectivity index (χ0n) is 25.8. The third-order valence-electron chi connectivity index (χ3n) is 9.48. The second-order valence-corrected chi connectivity index (χ2v) is 14.0. The van der Waals surface area contributed by atoms with Crippen molar-refractivity contribution in [2.45, 2.75) is 69.9 Å². The van der Waals surface area contributed by atoms with Crippen molar-refractivity contribution in [1.82, 2.24) is 29.5 Å². The molecule has 4 heterocycles.